The second kappa shape index (κ2) is 8.09. The number of carbonyl (C=O) groups excluding carboxylic acids is 1. The summed E-state index contributed by atoms with van der Waals surface area (Å²) in [6, 6.07) is 4.65. The minimum Gasteiger partial charge on any atom is -0.380 e. The second-order valence-corrected chi connectivity index (χ2v) is 8.50. The number of nitrogens with two attached hydrogens (primary N) is 1. The SMILES string of the molecule is Cc1n[nH]c(=O)n1-c1ccc(C(=O)NC2CCN(c3ncc(Cl)c4c(N)noc34)C2)c(Cl)c1. The monoisotopic (exact) mass is 488 g/mol. The number of nitrogens with one attached hydrogen (secondary N) is 2. The average Bonchev–Trinajstić information content (AvgIpc) is 3.48. The first-order chi connectivity index (χ1) is 15.8. The van der Waals surface area contributed by atoms with Crippen LogP contribution in [0.5, 0.6) is 0 Å². The number of halogens is 2. The van der Waals surface area contributed by atoms with Crippen molar-refractivity contribution >= 4 is 51.7 Å². The number of hydrogen-bond acceptors (Lipinski definition) is 8. The number of hydrogen-bond donors (Lipinski definition) is 3. The molecule has 1 aliphatic rings. The lowest BCUT2D eigenvalue weighted by Crippen LogP contribution is -2.37. The van der Waals surface area contributed by atoms with Crippen LogP contribution in [0.15, 0.2) is 33.7 Å². The van der Waals surface area contributed by atoms with E-state index in [-0.39, 0.29) is 28.5 Å². The Kier molecular flexibility index (Phi) is 5.22. The molecule has 0 radical (unpaired) electrons. The molecule has 1 saturated heterocycles. The van der Waals surface area contributed by atoms with Crippen LogP contribution in [0, 0.1) is 6.92 Å². The van der Waals surface area contributed by atoms with Crippen LogP contribution in [0.3, 0.4) is 0 Å². The fourth-order valence-electron chi connectivity index (χ4n) is 3.99. The number of aryl methyl sites for hydroxylation is 1. The van der Waals surface area contributed by atoms with Gasteiger partial charge in [0, 0.05) is 25.3 Å². The Labute approximate surface area is 196 Å². The van der Waals surface area contributed by atoms with Gasteiger partial charge in [0.2, 0.25) is 5.58 Å². The van der Waals surface area contributed by atoms with Crippen LogP contribution in [0.25, 0.3) is 16.7 Å². The quantitative estimate of drug-likeness (QED) is 0.396. The standard InChI is InChI=1S/C20H18Cl2N8O3/c1-9-26-27-20(32)30(9)11-2-3-12(13(21)6-11)19(31)25-10-4-5-29(8-10)18-16-15(14(22)7-24-18)17(23)28-33-16/h2-3,6-7,10H,4-5,8H2,1H3,(H2,23,28)(H,25,31)(H,27,32). The van der Waals surface area contributed by atoms with Crippen molar-refractivity contribution in [1.29, 1.82) is 0 Å². The molecule has 1 aliphatic heterocycles. The summed E-state index contributed by atoms with van der Waals surface area (Å²) >= 11 is 12.5. The summed E-state index contributed by atoms with van der Waals surface area (Å²) in [4.78, 5) is 31.2. The summed E-state index contributed by atoms with van der Waals surface area (Å²) in [5.41, 5.74) is 6.70. The molecule has 0 aliphatic carbocycles. The summed E-state index contributed by atoms with van der Waals surface area (Å²) in [5.74, 6) is 0.942. The van der Waals surface area contributed by atoms with Crippen LogP contribution in [0.1, 0.15) is 22.6 Å². The van der Waals surface area contributed by atoms with Crippen LogP contribution in [0.2, 0.25) is 10.0 Å². The van der Waals surface area contributed by atoms with E-state index in [1.165, 1.54) is 10.8 Å². The first kappa shape index (κ1) is 21.3. The van der Waals surface area contributed by atoms with Crippen molar-refractivity contribution in [1.82, 2.24) is 30.2 Å². The topological polar surface area (TPSA) is 148 Å². The van der Waals surface area contributed by atoms with E-state index in [0.29, 0.717) is 58.4 Å². The van der Waals surface area contributed by atoms with Gasteiger partial charge in [-0.25, -0.2) is 19.4 Å². The number of aromatic nitrogens is 5. The van der Waals surface area contributed by atoms with E-state index < -0.39 is 0 Å². The Hall–Kier alpha value is -3.57. The van der Waals surface area contributed by atoms with Crippen molar-refractivity contribution < 1.29 is 9.32 Å². The largest absolute Gasteiger partial charge is 0.380 e. The highest BCUT2D eigenvalue weighted by atomic mass is 35.5. The molecule has 13 heteroatoms. The lowest BCUT2D eigenvalue weighted by Gasteiger charge is -2.18. The third kappa shape index (κ3) is 3.68. The Balaban J connectivity index is 1.32. The molecule has 170 valence electrons. The molecule has 1 unspecified atom stereocenters. The number of carbonyl (C=O) groups is 1. The molecular weight excluding hydrogens is 471 g/mol. The van der Waals surface area contributed by atoms with E-state index in [2.05, 4.69) is 25.7 Å². The molecule has 33 heavy (non-hydrogen) atoms. The third-order valence-corrected chi connectivity index (χ3v) is 6.18. The van der Waals surface area contributed by atoms with Gasteiger partial charge in [-0.1, -0.05) is 28.4 Å². The number of benzene rings is 1. The maximum absolute atomic E-state index is 12.9. The predicted molar refractivity (Wildman–Crippen MR) is 123 cm³/mol. The van der Waals surface area contributed by atoms with E-state index in [1.807, 2.05) is 4.90 Å². The number of pyridine rings is 1. The van der Waals surface area contributed by atoms with E-state index in [4.69, 9.17) is 33.5 Å². The van der Waals surface area contributed by atoms with Gasteiger partial charge in [-0.15, -0.1) is 0 Å². The number of anilines is 2. The van der Waals surface area contributed by atoms with Gasteiger partial charge in [0.25, 0.3) is 5.91 Å². The molecule has 11 nitrogen and oxygen atoms in total. The highest BCUT2D eigenvalue weighted by molar-refractivity contribution is 6.36. The van der Waals surface area contributed by atoms with E-state index in [9.17, 15) is 9.59 Å². The molecule has 4 aromatic rings. The zero-order chi connectivity index (χ0) is 23.3. The van der Waals surface area contributed by atoms with Crippen molar-refractivity contribution in [2.24, 2.45) is 0 Å². The molecule has 4 N–H and O–H groups in total. The summed E-state index contributed by atoms with van der Waals surface area (Å²) in [5, 5.41) is 14.1. The molecule has 1 amide bonds. The number of amides is 1. The molecule has 0 bridgehead atoms. The van der Waals surface area contributed by atoms with E-state index >= 15 is 0 Å². The zero-order valence-electron chi connectivity index (χ0n) is 17.3. The predicted octanol–water partition coefficient (Wildman–Crippen LogP) is 2.30. The molecule has 0 spiro atoms. The van der Waals surface area contributed by atoms with Crippen molar-refractivity contribution in [3.8, 4) is 5.69 Å². The molecule has 4 heterocycles. The summed E-state index contributed by atoms with van der Waals surface area (Å²) in [6.45, 7) is 2.84. The van der Waals surface area contributed by atoms with Crippen molar-refractivity contribution in [3.63, 3.8) is 0 Å². The number of aromatic amines is 1. The highest BCUT2D eigenvalue weighted by Crippen LogP contribution is 2.35. The van der Waals surface area contributed by atoms with Gasteiger partial charge < -0.3 is 20.5 Å². The molecule has 5 rings (SSSR count). The molecule has 1 aromatic carbocycles. The van der Waals surface area contributed by atoms with Crippen molar-refractivity contribution in [2.75, 3.05) is 23.7 Å². The lowest BCUT2D eigenvalue weighted by molar-refractivity contribution is 0.0940. The highest BCUT2D eigenvalue weighted by Gasteiger charge is 2.29. The maximum Gasteiger partial charge on any atom is 0.347 e. The van der Waals surface area contributed by atoms with Gasteiger partial charge in [-0.05, 0) is 31.5 Å². The number of fused-ring (bicyclic) bond motifs is 1. The van der Waals surface area contributed by atoms with Crippen molar-refractivity contribution in [2.45, 2.75) is 19.4 Å². The minimum absolute atomic E-state index is 0.139. The number of nitrogen functional groups attached to an aromatic ring is 1. The molecule has 3 aromatic heterocycles. The van der Waals surface area contributed by atoms with Gasteiger partial charge in [-0.3, -0.25) is 4.79 Å². The number of rotatable bonds is 4. The minimum atomic E-state index is -0.384. The van der Waals surface area contributed by atoms with Crippen LogP contribution in [-0.2, 0) is 0 Å². The summed E-state index contributed by atoms with van der Waals surface area (Å²) in [7, 11) is 0. The molecule has 1 atom stereocenters. The summed E-state index contributed by atoms with van der Waals surface area (Å²) < 4.78 is 6.71. The van der Waals surface area contributed by atoms with Gasteiger partial charge in [0.1, 0.15) is 5.82 Å². The van der Waals surface area contributed by atoms with Crippen LogP contribution in [-0.4, -0.2) is 49.9 Å². The lowest BCUT2D eigenvalue weighted by atomic mass is 10.1. The number of nitrogens with zero attached hydrogens (tertiary/aromatic N) is 5. The zero-order valence-corrected chi connectivity index (χ0v) is 18.8. The molecule has 0 saturated carbocycles. The Morgan fingerprint density at radius 1 is 1.33 bits per heavy atom. The van der Waals surface area contributed by atoms with Gasteiger partial charge in [0.05, 0.1) is 26.7 Å². The van der Waals surface area contributed by atoms with E-state index in [0.717, 1.165) is 0 Å². The average molecular weight is 489 g/mol. The van der Waals surface area contributed by atoms with Gasteiger partial charge in [-0.2, -0.15) is 5.10 Å². The van der Waals surface area contributed by atoms with Crippen LogP contribution in [0.4, 0.5) is 11.6 Å². The smallest absolute Gasteiger partial charge is 0.347 e. The number of H-pyrrole nitrogens is 1. The Bertz CT molecular complexity index is 1440. The van der Waals surface area contributed by atoms with Crippen molar-refractivity contribution in [3.05, 3.63) is 56.3 Å². The normalized spacial score (nSPS) is 16.0. The first-order valence-electron chi connectivity index (χ1n) is 10.0. The Morgan fingerprint density at radius 3 is 2.88 bits per heavy atom. The van der Waals surface area contributed by atoms with E-state index in [1.54, 1.807) is 25.1 Å². The van der Waals surface area contributed by atoms with Crippen LogP contribution >= 0.6 is 23.2 Å². The fraction of sp³-hybridized carbons (Fsp3) is 0.250. The fourth-order valence-corrected chi connectivity index (χ4v) is 4.48. The van der Waals surface area contributed by atoms with Gasteiger partial charge in [0.15, 0.2) is 11.6 Å². The van der Waals surface area contributed by atoms with Crippen LogP contribution < -0.4 is 21.6 Å². The molecule has 1 fully saturated rings. The molecular formula is C20H18Cl2N8O3. The first-order valence-corrected chi connectivity index (χ1v) is 10.8. The Morgan fingerprint density at radius 2 is 2.15 bits per heavy atom. The maximum atomic E-state index is 12.9. The second-order valence-electron chi connectivity index (χ2n) is 7.68. The summed E-state index contributed by atoms with van der Waals surface area (Å²) in [6.07, 6.45) is 2.20. The van der Waals surface area contributed by atoms with Gasteiger partial charge >= 0.3 is 5.69 Å². The third-order valence-electron chi connectivity index (χ3n) is 5.58.